The lowest BCUT2D eigenvalue weighted by atomic mass is 9.93. The third-order valence-electron chi connectivity index (χ3n) is 3.61. The molecule has 3 nitrogen and oxygen atoms in total. The molecule has 3 N–H and O–H groups in total. The smallest absolute Gasteiger partial charge is 0.121 e. The molecule has 0 aliphatic carbocycles. The van der Waals surface area contributed by atoms with Crippen LogP contribution in [0.4, 0.5) is 0 Å². The van der Waals surface area contributed by atoms with Gasteiger partial charge in [-0.25, -0.2) is 0 Å². The number of benzene rings is 1. The van der Waals surface area contributed by atoms with Crippen LogP contribution in [0.5, 0.6) is 5.75 Å². The average molecular weight is 264 g/mol. The summed E-state index contributed by atoms with van der Waals surface area (Å²) in [6.45, 7) is 14.1. The molecule has 19 heavy (non-hydrogen) atoms. The molecule has 0 unspecified atom stereocenters. The maximum absolute atomic E-state index is 9.82. The molecule has 1 rings (SSSR count). The molecule has 0 heterocycles. The van der Waals surface area contributed by atoms with Crippen LogP contribution in [0.3, 0.4) is 0 Å². The molecule has 0 radical (unpaired) electrons. The summed E-state index contributed by atoms with van der Waals surface area (Å²) in [4.78, 5) is 2.40. The summed E-state index contributed by atoms with van der Waals surface area (Å²) in [6, 6.07) is 4.14. The third kappa shape index (κ3) is 4.51. The molecule has 0 atom stereocenters. The van der Waals surface area contributed by atoms with Crippen molar-refractivity contribution in [3.8, 4) is 5.75 Å². The Morgan fingerprint density at radius 3 is 2.16 bits per heavy atom. The molecule has 0 bridgehead atoms. The van der Waals surface area contributed by atoms with E-state index in [1.54, 1.807) is 0 Å². The molecule has 3 heteroatoms. The zero-order chi connectivity index (χ0) is 14.6. The highest BCUT2D eigenvalue weighted by Gasteiger charge is 2.19. The van der Waals surface area contributed by atoms with Crippen molar-refractivity contribution < 1.29 is 5.11 Å². The van der Waals surface area contributed by atoms with E-state index in [2.05, 4.69) is 37.8 Å². The summed E-state index contributed by atoms with van der Waals surface area (Å²) in [5.74, 6) is 0.411. The van der Waals surface area contributed by atoms with Gasteiger partial charge < -0.3 is 10.8 Å². The van der Waals surface area contributed by atoms with E-state index in [9.17, 15) is 5.11 Å². The van der Waals surface area contributed by atoms with Gasteiger partial charge in [-0.05, 0) is 49.0 Å². The van der Waals surface area contributed by atoms with E-state index in [-0.39, 0.29) is 5.41 Å². The van der Waals surface area contributed by atoms with Gasteiger partial charge in [0.25, 0.3) is 0 Å². The van der Waals surface area contributed by atoms with Crippen LogP contribution in [-0.4, -0.2) is 29.6 Å². The van der Waals surface area contributed by atoms with E-state index in [0.717, 1.165) is 30.8 Å². The maximum atomic E-state index is 9.82. The summed E-state index contributed by atoms with van der Waals surface area (Å²) in [7, 11) is 0. The second-order valence-corrected chi connectivity index (χ2v) is 6.25. The highest BCUT2D eigenvalue weighted by Crippen LogP contribution is 2.24. The molecule has 108 valence electrons. The van der Waals surface area contributed by atoms with Crippen molar-refractivity contribution in [3.63, 3.8) is 0 Å². The van der Waals surface area contributed by atoms with Crippen molar-refractivity contribution in [1.82, 2.24) is 4.90 Å². The molecule has 0 aliphatic rings. The van der Waals surface area contributed by atoms with Gasteiger partial charge in [0.2, 0.25) is 0 Å². The fraction of sp³-hybridized carbons (Fsp3) is 0.625. The number of rotatable bonds is 6. The number of nitrogens with zero attached hydrogens (tertiary/aromatic N) is 1. The Morgan fingerprint density at radius 1 is 1.21 bits per heavy atom. The minimum absolute atomic E-state index is 0.136. The van der Waals surface area contributed by atoms with E-state index in [1.165, 1.54) is 5.56 Å². The van der Waals surface area contributed by atoms with Gasteiger partial charge in [0.05, 0.1) is 0 Å². The fourth-order valence-electron chi connectivity index (χ4n) is 2.34. The topological polar surface area (TPSA) is 49.5 Å². The first-order chi connectivity index (χ1) is 8.79. The highest BCUT2D eigenvalue weighted by atomic mass is 16.3. The van der Waals surface area contributed by atoms with E-state index in [4.69, 9.17) is 5.73 Å². The Hall–Kier alpha value is -1.06. The summed E-state index contributed by atoms with van der Waals surface area (Å²) in [5.41, 5.74) is 9.10. The quantitative estimate of drug-likeness (QED) is 0.830. The number of nitrogens with two attached hydrogens (primary N) is 1. The third-order valence-corrected chi connectivity index (χ3v) is 3.61. The van der Waals surface area contributed by atoms with E-state index < -0.39 is 0 Å². The van der Waals surface area contributed by atoms with Crippen molar-refractivity contribution in [2.24, 2.45) is 11.1 Å². The average Bonchev–Trinajstić information content (AvgIpc) is 2.34. The Balaban J connectivity index is 2.82. The first-order valence-corrected chi connectivity index (χ1v) is 7.00. The largest absolute Gasteiger partial charge is 0.507 e. The van der Waals surface area contributed by atoms with Gasteiger partial charge in [-0.1, -0.05) is 32.9 Å². The Morgan fingerprint density at radius 2 is 1.74 bits per heavy atom. The molecular weight excluding hydrogens is 236 g/mol. The molecule has 0 aliphatic heterocycles. The van der Waals surface area contributed by atoms with Gasteiger partial charge in [-0.3, -0.25) is 4.90 Å². The predicted molar refractivity (Wildman–Crippen MR) is 81.4 cm³/mol. The number of phenols is 1. The first-order valence-electron chi connectivity index (χ1n) is 7.00. The van der Waals surface area contributed by atoms with E-state index in [1.807, 2.05) is 13.8 Å². The second kappa shape index (κ2) is 6.40. The second-order valence-electron chi connectivity index (χ2n) is 6.25. The van der Waals surface area contributed by atoms with Crippen molar-refractivity contribution in [2.45, 2.75) is 41.2 Å². The summed E-state index contributed by atoms with van der Waals surface area (Å²) >= 11 is 0. The van der Waals surface area contributed by atoms with Crippen molar-refractivity contribution in [1.29, 1.82) is 0 Å². The zero-order valence-electron chi connectivity index (χ0n) is 13.0. The van der Waals surface area contributed by atoms with Crippen LogP contribution in [0.1, 0.15) is 37.5 Å². The van der Waals surface area contributed by atoms with E-state index in [0.29, 0.717) is 12.3 Å². The summed E-state index contributed by atoms with van der Waals surface area (Å²) in [5, 5.41) is 9.82. The number of hydrogen-bond acceptors (Lipinski definition) is 3. The van der Waals surface area contributed by atoms with Gasteiger partial charge in [0.1, 0.15) is 5.75 Å². The van der Waals surface area contributed by atoms with Gasteiger partial charge in [-0.2, -0.15) is 0 Å². The Labute approximate surface area is 117 Å². The number of phenolic OH excluding ortho intramolecular Hbond substituents is 1. The number of hydrogen-bond donors (Lipinski definition) is 2. The van der Waals surface area contributed by atoms with E-state index >= 15 is 0 Å². The lowest BCUT2D eigenvalue weighted by Gasteiger charge is -2.31. The van der Waals surface area contributed by atoms with Crippen LogP contribution >= 0.6 is 0 Å². The van der Waals surface area contributed by atoms with Crippen molar-refractivity contribution in [2.75, 3.05) is 19.6 Å². The van der Waals surface area contributed by atoms with Gasteiger partial charge >= 0.3 is 0 Å². The Bertz CT molecular complexity index is 404. The van der Waals surface area contributed by atoms with Gasteiger partial charge in [0, 0.05) is 13.1 Å². The maximum Gasteiger partial charge on any atom is 0.121 e. The van der Waals surface area contributed by atoms with Crippen LogP contribution in [0, 0.1) is 19.3 Å². The summed E-state index contributed by atoms with van der Waals surface area (Å²) < 4.78 is 0. The lowest BCUT2D eigenvalue weighted by molar-refractivity contribution is 0.183. The molecule has 0 fully saturated rings. The molecule has 0 spiro atoms. The number of aromatic hydroxyl groups is 1. The van der Waals surface area contributed by atoms with Crippen LogP contribution in [0.2, 0.25) is 0 Å². The lowest BCUT2D eigenvalue weighted by Crippen LogP contribution is -2.38. The van der Waals surface area contributed by atoms with Crippen molar-refractivity contribution in [3.05, 3.63) is 28.8 Å². The summed E-state index contributed by atoms with van der Waals surface area (Å²) in [6.07, 6.45) is 0. The van der Waals surface area contributed by atoms with Gasteiger partial charge in [-0.15, -0.1) is 0 Å². The normalized spacial score (nSPS) is 12.2. The Kier molecular flexibility index (Phi) is 5.39. The highest BCUT2D eigenvalue weighted by molar-refractivity contribution is 5.42. The standard InChI is InChI=1S/C16H28N2O/c1-6-18(11-16(4,5)10-17)9-14-7-12(2)15(19)13(3)8-14/h7-8,19H,6,9-11,17H2,1-5H3. The number of aryl methyl sites for hydroxylation is 2. The fourth-order valence-corrected chi connectivity index (χ4v) is 2.34. The molecule has 1 aromatic rings. The SMILES string of the molecule is CCN(Cc1cc(C)c(O)c(C)c1)CC(C)(C)CN. The molecule has 1 aromatic carbocycles. The van der Waals surface area contributed by atoms with Crippen molar-refractivity contribution >= 4 is 0 Å². The molecule has 0 saturated carbocycles. The molecule has 0 amide bonds. The van der Waals surface area contributed by atoms with Crippen LogP contribution < -0.4 is 5.73 Å². The van der Waals surface area contributed by atoms with Crippen LogP contribution in [0.15, 0.2) is 12.1 Å². The monoisotopic (exact) mass is 264 g/mol. The van der Waals surface area contributed by atoms with Crippen LogP contribution in [0.25, 0.3) is 0 Å². The zero-order valence-corrected chi connectivity index (χ0v) is 13.0. The van der Waals surface area contributed by atoms with Crippen LogP contribution in [-0.2, 0) is 6.54 Å². The molecule has 0 aromatic heterocycles. The minimum Gasteiger partial charge on any atom is -0.507 e. The first kappa shape index (κ1) is 16.0. The molecule has 0 saturated heterocycles. The minimum atomic E-state index is 0.136. The predicted octanol–water partition coefficient (Wildman–Crippen LogP) is 2.82. The van der Waals surface area contributed by atoms with Gasteiger partial charge in [0.15, 0.2) is 0 Å². The molecular formula is C16H28N2O.